The minimum Gasteiger partial charge on any atom is -0.317 e. The van der Waals surface area contributed by atoms with Crippen LogP contribution in [0.2, 0.25) is 0 Å². The van der Waals surface area contributed by atoms with E-state index in [9.17, 15) is 8.42 Å². The summed E-state index contributed by atoms with van der Waals surface area (Å²) in [6.07, 6.45) is 9.14. The molecule has 1 saturated heterocycles. The Labute approximate surface area is 193 Å². The number of piperidine rings is 1. The molecule has 2 fully saturated rings. The van der Waals surface area contributed by atoms with Crippen LogP contribution < -0.4 is 5.32 Å². The van der Waals surface area contributed by atoms with Gasteiger partial charge in [-0.25, -0.2) is 8.42 Å². The molecule has 0 radical (unpaired) electrons. The highest BCUT2D eigenvalue weighted by Crippen LogP contribution is 2.36. The van der Waals surface area contributed by atoms with Crippen LogP contribution in [0.15, 0.2) is 53.4 Å². The van der Waals surface area contributed by atoms with Crippen LogP contribution in [0.4, 0.5) is 0 Å². The molecule has 32 heavy (non-hydrogen) atoms. The van der Waals surface area contributed by atoms with Gasteiger partial charge < -0.3 is 5.32 Å². The van der Waals surface area contributed by atoms with Crippen molar-refractivity contribution in [2.75, 3.05) is 19.6 Å². The fourth-order valence-electron chi connectivity index (χ4n) is 6.12. The fraction of sp³-hybridized carbons (Fsp3) is 0.556. The van der Waals surface area contributed by atoms with Gasteiger partial charge in [-0.3, -0.25) is 4.90 Å². The van der Waals surface area contributed by atoms with E-state index in [0.717, 1.165) is 45.4 Å². The largest absolute Gasteiger partial charge is 0.317 e. The normalized spacial score (nSPS) is 22.4. The number of rotatable bonds is 5. The third-order valence-electron chi connectivity index (χ3n) is 7.91. The second-order valence-electron chi connectivity index (χ2n) is 9.92. The lowest BCUT2D eigenvalue weighted by Gasteiger charge is -2.40. The molecule has 4 nitrogen and oxygen atoms in total. The van der Waals surface area contributed by atoms with Gasteiger partial charge in [-0.15, -0.1) is 0 Å². The van der Waals surface area contributed by atoms with Crippen molar-refractivity contribution < 1.29 is 8.42 Å². The first-order chi connectivity index (χ1) is 15.6. The first-order valence-corrected chi connectivity index (χ1v) is 14.0. The third-order valence-corrected chi connectivity index (χ3v) is 10.2. The number of fused-ring (bicyclic) bond motifs is 1. The van der Waals surface area contributed by atoms with E-state index >= 15 is 0 Å². The van der Waals surface area contributed by atoms with Gasteiger partial charge in [0.2, 0.25) is 0 Å². The quantitative estimate of drug-likeness (QED) is 0.702. The molecule has 0 amide bonds. The van der Waals surface area contributed by atoms with Crippen LogP contribution in [0.3, 0.4) is 0 Å². The molecule has 0 bridgehead atoms. The second-order valence-corrected chi connectivity index (χ2v) is 12.0. The zero-order valence-electron chi connectivity index (χ0n) is 19.0. The lowest BCUT2D eigenvalue weighted by Crippen LogP contribution is -2.50. The van der Waals surface area contributed by atoms with Crippen molar-refractivity contribution in [3.63, 3.8) is 0 Å². The molecule has 0 aromatic heterocycles. The molecule has 2 heterocycles. The van der Waals surface area contributed by atoms with Gasteiger partial charge in [-0.1, -0.05) is 55.7 Å². The van der Waals surface area contributed by atoms with Gasteiger partial charge in [0, 0.05) is 13.1 Å². The summed E-state index contributed by atoms with van der Waals surface area (Å²) in [6, 6.07) is 16.5. The number of nitrogens with one attached hydrogen (secondary N) is 1. The standard InChI is InChI=1S/C27H36N2O2S/c30-32(31,26-12-10-23(11-13-26)21-6-2-1-3-7-21)27(24-14-17-28-18-15-24)29-19-16-22-8-4-5-9-25(22)20-29/h4-5,8-13,21,24,27-28H,1-3,6-7,14-20H2. The van der Waals surface area contributed by atoms with Gasteiger partial charge >= 0.3 is 0 Å². The van der Waals surface area contributed by atoms with Crippen molar-refractivity contribution in [1.29, 1.82) is 0 Å². The van der Waals surface area contributed by atoms with E-state index in [4.69, 9.17) is 0 Å². The summed E-state index contributed by atoms with van der Waals surface area (Å²) in [5, 5.41) is 2.96. The van der Waals surface area contributed by atoms with Gasteiger partial charge in [0.15, 0.2) is 9.84 Å². The van der Waals surface area contributed by atoms with E-state index in [1.54, 1.807) is 0 Å². The number of hydrogen-bond acceptors (Lipinski definition) is 4. The van der Waals surface area contributed by atoms with E-state index in [0.29, 0.717) is 10.8 Å². The van der Waals surface area contributed by atoms with Crippen LogP contribution >= 0.6 is 0 Å². The Balaban J connectivity index is 1.44. The topological polar surface area (TPSA) is 49.4 Å². The summed E-state index contributed by atoms with van der Waals surface area (Å²) in [6.45, 7) is 3.35. The van der Waals surface area contributed by atoms with E-state index in [1.807, 2.05) is 12.1 Å². The molecule has 1 atom stereocenters. The molecule has 1 unspecified atom stereocenters. The lowest BCUT2D eigenvalue weighted by molar-refractivity contribution is 0.159. The van der Waals surface area contributed by atoms with E-state index < -0.39 is 15.2 Å². The summed E-state index contributed by atoms with van der Waals surface area (Å²) >= 11 is 0. The van der Waals surface area contributed by atoms with Crippen molar-refractivity contribution in [2.24, 2.45) is 5.92 Å². The molecule has 2 aromatic rings. The zero-order chi connectivity index (χ0) is 22.0. The first-order valence-electron chi connectivity index (χ1n) is 12.5. The van der Waals surface area contributed by atoms with Crippen LogP contribution in [0.5, 0.6) is 0 Å². The smallest absolute Gasteiger partial charge is 0.194 e. The van der Waals surface area contributed by atoms with Crippen molar-refractivity contribution in [3.05, 3.63) is 65.2 Å². The highest BCUT2D eigenvalue weighted by molar-refractivity contribution is 7.92. The Bertz CT molecular complexity index is 1010. The zero-order valence-corrected chi connectivity index (χ0v) is 19.8. The van der Waals surface area contributed by atoms with Gasteiger partial charge in [0.1, 0.15) is 5.37 Å². The van der Waals surface area contributed by atoms with E-state index in [-0.39, 0.29) is 5.92 Å². The summed E-state index contributed by atoms with van der Waals surface area (Å²) in [7, 11) is -3.45. The molecule has 1 saturated carbocycles. The van der Waals surface area contributed by atoms with Crippen LogP contribution in [0.1, 0.15) is 67.6 Å². The highest BCUT2D eigenvalue weighted by Gasteiger charge is 2.40. The number of hydrogen-bond donors (Lipinski definition) is 1. The summed E-state index contributed by atoms with van der Waals surface area (Å²) in [4.78, 5) is 2.75. The second kappa shape index (κ2) is 9.66. The van der Waals surface area contributed by atoms with E-state index in [2.05, 4.69) is 46.6 Å². The Morgan fingerprint density at radius 1 is 0.844 bits per heavy atom. The maximum atomic E-state index is 14.1. The van der Waals surface area contributed by atoms with Gasteiger partial charge in [0.25, 0.3) is 0 Å². The Hall–Kier alpha value is -1.69. The van der Waals surface area contributed by atoms with Crippen molar-refractivity contribution >= 4 is 9.84 Å². The Morgan fingerprint density at radius 2 is 1.53 bits per heavy atom. The van der Waals surface area contributed by atoms with Crippen LogP contribution in [-0.4, -0.2) is 38.3 Å². The minimum absolute atomic E-state index is 0.171. The molecule has 0 spiro atoms. The van der Waals surface area contributed by atoms with Crippen molar-refractivity contribution in [1.82, 2.24) is 10.2 Å². The molecular formula is C27H36N2O2S. The van der Waals surface area contributed by atoms with Crippen LogP contribution in [-0.2, 0) is 22.8 Å². The van der Waals surface area contributed by atoms with Gasteiger partial charge in [-0.05, 0) is 85.9 Å². The van der Waals surface area contributed by atoms with Crippen LogP contribution in [0.25, 0.3) is 0 Å². The number of nitrogens with zero attached hydrogens (tertiary/aromatic N) is 1. The van der Waals surface area contributed by atoms with Gasteiger partial charge in [0.05, 0.1) is 4.90 Å². The average Bonchev–Trinajstić information content (AvgIpc) is 2.85. The predicted molar refractivity (Wildman–Crippen MR) is 129 cm³/mol. The molecule has 2 aromatic carbocycles. The van der Waals surface area contributed by atoms with Gasteiger partial charge in [-0.2, -0.15) is 0 Å². The molecule has 1 aliphatic carbocycles. The molecule has 1 N–H and O–H groups in total. The van der Waals surface area contributed by atoms with Crippen molar-refractivity contribution in [2.45, 2.75) is 74.1 Å². The van der Waals surface area contributed by atoms with Crippen molar-refractivity contribution in [3.8, 4) is 0 Å². The maximum absolute atomic E-state index is 14.1. The predicted octanol–water partition coefficient (Wildman–Crippen LogP) is 4.89. The minimum atomic E-state index is -3.45. The number of sulfone groups is 1. The number of benzene rings is 2. The molecular weight excluding hydrogens is 416 g/mol. The molecule has 3 aliphatic rings. The Kier molecular flexibility index (Phi) is 6.68. The first kappa shape index (κ1) is 22.1. The third kappa shape index (κ3) is 4.52. The Morgan fingerprint density at radius 3 is 2.25 bits per heavy atom. The van der Waals surface area contributed by atoms with E-state index in [1.165, 1.54) is 48.8 Å². The molecule has 5 rings (SSSR count). The fourth-order valence-corrected chi connectivity index (χ4v) is 8.26. The maximum Gasteiger partial charge on any atom is 0.194 e. The summed E-state index contributed by atoms with van der Waals surface area (Å²) in [5.41, 5.74) is 3.96. The molecule has 2 aliphatic heterocycles. The SMILES string of the molecule is O=S(=O)(c1ccc(C2CCCCC2)cc1)C(C1CCNCC1)N1CCc2ccccc2C1. The lowest BCUT2D eigenvalue weighted by atomic mass is 9.84. The highest BCUT2D eigenvalue weighted by atomic mass is 32.2. The monoisotopic (exact) mass is 452 g/mol. The molecule has 5 heteroatoms. The molecule has 172 valence electrons. The van der Waals surface area contributed by atoms with Crippen LogP contribution in [0, 0.1) is 5.92 Å². The average molecular weight is 453 g/mol. The summed E-state index contributed by atoms with van der Waals surface area (Å²) in [5.74, 6) is 0.767. The summed E-state index contributed by atoms with van der Waals surface area (Å²) < 4.78 is 28.1.